The van der Waals surface area contributed by atoms with Crippen LogP contribution < -0.4 is 10.6 Å². The Morgan fingerprint density at radius 3 is 2.29 bits per heavy atom. The molecule has 1 aromatic rings. The first-order chi connectivity index (χ1) is 14.5. The molecule has 31 heavy (non-hydrogen) atoms. The maximum absolute atomic E-state index is 13.0. The average Bonchev–Trinajstić information content (AvgIpc) is 2.69. The van der Waals surface area contributed by atoms with Crippen molar-refractivity contribution in [3.63, 3.8) is 0 Å². The van der Waals surface area contributed by atoms with Gasteiger partial charge in [0.2, 0.25) is 11.8 Å². The van der Waals surface area contributed by atoms with Crippen LogP contribution in [-0.2, 0) is 14.3 Å². The number of nitrogens with zero attached hydrogens (tertiary/aromatic N) is 1. The van der Waals surface area contributed by atoms with Crippen LogP contribution in [-0.4, -0.2) is 48.0 Å². The molecule has 0 aliphatic rings. The van der Waals surface area contributed by atoms with Crippen LogP contribution in [0.4, 0.5) is 4.79 Å². The Hall–Kier alpha value is -3.01. The SMILES string of the molecule is C#Cc1ccc(C(C(=O)NCCCCC)N(C)C(=O)C(C)NC(=O)OC(C)(C)C)cc1. The summed E-state index contributed by atoms with van der Waals surface area (Å²) in [7, 11) is 1.54. The second-order valence-corrected chi connectivity index (χ2v) is 8.48. The molecule has 0 saturated heterocycles. The number of hydrogen-bond acceptors (Lipinski definition) is 4. The van der Waals surface area contributed by atoms with Crippen molar-refractivity contribution in [3.05, 3.63) is 35.4 Å². The molecule has 2 N–H and O–H groups in total. The molecule has 2 unspecified atom stereocenters. The molecule has 0 heterocycles. The fraction of sp³-hybridized carbons (Fsp3) is 0.542. The molecule has 1 rings (SSSR count). The number of terminal acetylenes is 1. The summed E-state index contributed by atoms with van der Waals surface area (Å²) < 4.78 is 5.21. The zero-order valence-electron chi connectivity index (χ0n) is 19.5. The molecule has 0 aromatic heterocycles. The topological polar surface area (TPSA) is 87.7 Å². The van der Waals surface area contributed by atoms with Crippen LogP contribution in [0.15, 0.2) is 24.3 Å². The third-order valence-corrected chi connectivity index (χ3v) is 4.56. The highest BCUT2D eigenvalue weighted by atomic mass is 16.6. The van der Waals surface area contributed by atoms with E-state index in [1.165, 1.54) is 4.90 Å². The highest BCUT2D eigenvalue weighted by Crippen LogP contribution is 2.21. The molecule has 3 amide bonds. The third kappa shape index (κ3) is 8.71. The van der Waals surface area contributed by atoms with Gasteiger partial charge in [0.1, 0.15) is 17.7 Å². The van der Waals surface area contributed by atoms with Crippen LogP contribution in [0.3, 0.4) is 0 Å². The van der Waals surface area contributed by atoms with Gasteiger partial charge in [0.05, 0.1) is 0 Å². The minimum atomic E-state index is -0.875. The zero-order valence-corrected chi connectivity index (χ0v) is 19.5. The maximum Gasteiger partial charge on any atom is 0.408 e. The Labute approximate surface area is 185 Å². The van der Waals surface area contributed by atoms with Crippen LogP contribution in [0.1, 0.15) is 71.0 Å². The van der Waals surface area contributed by atoms with E-state index in [0.29, 0.717) is 17.7 Å². The molecule has 7 heteroatoms. The largest absolute Gasteiger partial charge is 0.444 e. The molecule has 0 aliphatic carbocycles. The maximum atomic E-state index is 13.0. The lowest BCUT2D eigenvalue weighted by molar-refractivity contribution is -0.140. The van der Waals surface area contributed by atoms with Crippen molar-refractivity contribution in [2.24, 2.45) is 0 Å². The minimum Gasteiger partial charge on any atom is -0.444 e. The Kier molecular flexibility index (Phi) is 10.1. The molecule has 0 bridgehead atoms. The van der Waals surface area contributed by atoms with Crippen molar-refractivity contribution in [2.45, 2.75) is 71.6 Å². The summed E-state index contributed by atoms with van der Waals surface area (Å²) in [5.41, 5.74) is 0.630. The first-order valence-electron chi connectivity index (χ1n) is 10.6. The summed E-state index contributed by atoms with van der Waals surface area (Å²) in [4.78, 5) is 39.4. The summed E-state index contributed by atoms with van der Waals surface area (Å²) in [6.45, 7) is 9.39. The number of amides is 3. The van der Waals surface area contributed by atoms with E-state index >= 15 is 0 Å². The first-order valence-corrected chi connectivity index (χ1v) is 10.6. The number of hydrogen-bond donors (Lipinski definition) is 2. The average molecular weight is 430 g/mol. The number of unbranched alkanes of at least 4 members (excludes halogenated alkanes) is 2. The van der Waals surface area contributed by atoms with Gasteiger partial charge in [-0.05, 0) is 51.8 Å². The quantitative estimate of drug-likeness (QED) is 0.465. The smallest absolute Gasteiger partial charge is 0.408 e. The van der Waals surface area contributed by atoms with Gasteiger partial charge in [0.25, 0.3) is 0 Å². The summed E-state index contributed by atoms with van der Waals surface area (Å²) in [6, 6.07) is 5.20. The van der Waals surface area contributed by atoms with Crippen LogP contribution in [0, 0.1) is 12.3 Å². The van der Waals surface area contributed by atoms with Gasteiger partial charge in [0.15, 0.2) is 0 Å². The van der Waals surface area contributed by atoms with Gasteiger partial charge >= 0.3 is 6.09 Å². The number of alkyl carbamates (subject to hydrolysis) is 1. The van der Waals surface area contributed by atoms with E-state index in [-0.39, 0.29) is 5.91 Å². The van der Waals surface area contributed by atoms with Gasteiger partial charge in [-0.1, -0.05) is 37.8 Å². The Morgan fingerprint density at radius 1 is 1.16 bits per heavy atom. The summed E-state index contributed by atoms with van der Waals surface area (Å²) >= 11 is 0. The van der Waals surface area contributed by atoms with Gasteiger partial charge in [-0.25, -0.2) is 4.79 Å². The van der Waals surface area contributed by atoms with Gasteiger partial charge < -0.3 is 20.3 Å². The first kappa shape index (κ1) is 26.0. The standard InChI is InChI=1S/C24H35N3O4/c1-8-10-11-16-25-21(28)20(19-14-12-18(9-2)13-15-19)27(7)22(29)17(3)26-23(30)31-24(4,5)6/h2,12-15,17,20H,8,10-11,16H2,1,3-7H3,(H,25,28)(H,26,30). The lowest BCUT2D eigenvalue weighted by atomic mass is 10.0. The molecule has 0 fully saturated rings. The zero-order chi connectivity index (χ0) is 23.6. The number of carbonyl (C=O) groups excluding carboxylic acids is 3. The molecule has 0 aliphatic heterocycles. The van der Waals surface area contributed by atoms with Crippen molar-refractivity contribution in [1.82, 2.24) is 15.5 Å². The van der Waals surface area contributed by atoms with E-state index in [0.717, 1.165) is 19.3 Å². The predicted octanol–water partition coefficient (Wildman–Crippen LogP) is 3.39. The summed E-state index contributed by atoms with van der Waals surface area (Å²) in [6.07, 6.45) is 7.64. The molecule has 1 aromatic carbocycles. The second kappa shape index (κ2) is 12.0. The fourth-order valence-electron chi connectivity index (χ4n) is 2.97. The van der Waals surface area contributed by atoms with E-state index < -0.39 is 29.7 Å². The Balaban J connectivity index is 3.01. The second-order valence-electron chi connectivity index (χ2n) is 8.48. The third-order valence-electron chi connectivity index (χ3n) is 4.56. The number of rotatable bonds is 9. The summed E-state index contributed by atoms with van der Waals surface area (Å²) in [5.74, 6) is 1.84. The predicted molar refractivity (Wildman–Crippen MR) is 121 cm³/mol. The van der Waals surface area contributed by atoms with Gasteiger partial charge in [-0.3, -0.25) is 9.59 Å². The highest BCUT2D eigenvalue weighted by Gasteiger charge is 2.32. The van der Waals surface area contributed by atoms with E-state index in [2.05, 4.69) is 23.5 Å². The van der Waals surface area contributed by atoms with Crippen LogP contribution in [0.2, 0.25) is 0 Å². The number of benzene rings is 1. The van der Waals surface area contributed by atoms with E-state index in [4.69, 9.17) is 11.2 Å². The molecule has 0 radical (unpaired) electrons. The van der Waals surface area contributed by atoms with Crippen molar-refractivity contribution in [1.29, 1.82) is 0 Å². The van der Waals surface area contributed by atoms with Gasteiger partial charge in [-0.2, -0.15) is 0 Å². The molecule has 0 spiro atoms. The van der Waals surface area contributed by atoms with E-state index in [9.17, 15) is 14.4 Å². The van der Waals surface area contributed by atoms with Gasteiger partial charge in [0, 0.05) is 19.2 Å². The van der Waals surface area contributed by atoms with Crippen molar-refractivity contribution < 1.29 is 19.1 Å². The molecule has 170 valence electrons. The lowest BCUT2D eigenvalue weighted by Gasteiger charge is -2.30. The molecule has 7 nitrogen and oxygen atoms in total. The van der Waals surface area contributed by atoms with Crippen LogP contribution in [0.5, 0.6) is 0 Å². The van der Waals surface area contributed by atoms with Crippen molar-refractivity contribution in [2.75, 3.05) is 13.6 Å². The molecular formula is C24H35N3O4. The highest BCUT2D eigenvalue weighted by molar-refractivity contribution is 5.91. The summed E-state index contributed by atoms with van der Waals surface area (Å²) in [5, 5.41) is 5.44. The van der Waals surface area contributed by atoms with Crippen LogP contribution >= 0.6 is 0 Å². The van der Waals surface area contributed by atoms with Gasteiger partial charge in [-0.15, -0.1) is 6.42 Å². The molecular weight excluding hydrogens is 394 g/mol. The molecule has 2 atom stereocenters. The fourth-order valence-corrected chi connectivity index (χ4v) is 2.97. The van der Waals surface area contributed by atoms with Crippen LogP contribution in [0.25, 0.3) is 0 Å². The van der Waals surface area contributed by atoms with E-state index in [1.54, 1.807) is 59.0 Å². The minimum absolute atomic E-state index is 0.287. The Morgan fingerprint density at radius 2 is 1.77 bits per heavy atom. The number of likely N-dealkylation sites (N-methyl/N-ethyl adjacent to an activating group) is 1. The number of carbonyl (C=O) groups is 3. The number of ether oxygens (including phenoxy) is 1. The van der Waals surface area contributed by atoms with Crippen molar-refractivity contribution in [3.8, 4) is 12.3 Å². The lowest BCUT2D eigenvalue weighted by Crippen LogP contribution is -2.50. The van der Waals surface area contributed by atoms with Crippen molar-refractivity contribution >= 4 is 17.9 Å². The van der Waals surface area contributed by atoms with E-state index in [1.807, 2.05) is 0 Å². The monoisotopic (exact) mass is 429 g/mol. The normalized spacial score (nSPS) is 12.8. The Bertz CT molecular complexity index is 791. The molecule has 0 saturated carbocycles. The number of nitrogens with one attached hydrogen (secondary N) is 2.